The average Bonchev–Trinajstić information content (AvgIpc) is 3.63. The molecular weight excluding hydrogens is 526 g/mol. The first-order valence-electron chi connectivity index (χ1n) is 12.3. The molecule has 1 N–H and O–H groups in total. The van der Waals surface area contributed by atoms with E-state index in [1.54, 1.807) is 37.4 Å². The molecule has 1 aliphatic rings. The van der Waals surface area contributed by atoms with Crippen LogP contribution in [0.4, 0.5) is 0 Å². The van der Waals surface area contributed by atoms with Crippen molar-refractivity contribution >= 4 is 47.0 Å². The van der Waals surface area contributed by atoms with Crippen LogP contribution in [0.2, 0.25) is 5.02 Å². The number of aromatic nitrogens is 2. The topological polar surface area (TPSA) is 99.6 Å². The van der Waals surface area contributed by atoms with Gasteiger partial charge < -0.3 is 19.5 Å². The minimum absolute atomic E-state index is 0.252. The van der Waals surface area contributed by atoms with Gasteiger partial charge in [0.05, 0.1) is 28.8 Å². The number of hydrogen-bond acceptors (Lipinski definition) is 8. The summed E-state index contributed by atoms with van der Waals surface area (Å²) in [6.07, 6.45) is 12.2. The van der Waals surface area contributed by atoms with E-state index < -0.39 is 5.97 Å². The molecule has 1 aromatic carbocycles. The van der Waals surface area contributed by atoms with E-state index in [0.29, 0.717) is 39.7 Å². The van der Waals surface area contributed by atoms with Crippen molar-refractivity contribution in [2.24, 2.45) is 5.92 Å². The lowest BCUT2D eigenvalue weighted by molar-refractivity contribution is -0.137. The summed E-state index contributed by atoms with van der Waals surface area (Å²) in [5.41, 5.74) is 0.907. The highest BCUT2D eigenvalue weighted by atomic mass is 35.5. The molecule has 2 aromatic heterocycles. The van der Waals surface area contributed by atoms with Crippen LogP contribution in [0.15, 0.2) is 54.9 Å². The minimum atomic E-state index is -0.464. The zero-order valence-corrected chi connectivity index (χ0v) is 22.6. The molecule has 2 heterocycles. The van der Waals surface area contributed by atoms with Crippen LogP contribution in [0.3, 0.4) is 0 Å². The van der Waals surface area contributed by atoms with Crippen LogP contribution in [0.25, 0.3) is 12.2 Å². The third-order valence-corrected chi connectivity index (χ3v) is 6.55. The number of rotatable bonds is 12. The molecule has 0 spiro atoms. The maximum Gasteiger partial charge on any atom is 0.330 e. The van der Waals surface area contributed by atoms with Gasteiger partial charge in [-0.1, -0.05) is 29.0 Å². The zero-order valence-electron chi connectivity index (χ0n) is 21.1. The number of ether oxygens (including phenoxy) is 3. The van der Waals surface area contributed by atoms with Gasteiger partial charge in [0.25, 0.3) is 11.1 Å². The number of thiazole rings is 1. The summed E-state index contributed by atoms with van der Waals surface area (Å²) in [5, 5.41) is 3.82. The smallest absolute Gasteiger partial charge is 0.330 e. The van der Waals surface area contributed by atoms with Crippen molar-refractivity contribution in [2.45, 2.75) is 32.7 Å². The van der Waals surface area contributed by atoms with Crippen LogP contribution >= 0.6 is 22.9 Å². The molecule has 3 aromatic rings. The number of hydrogen-bond donors (Lipinski definition) is 1. The lowest BCUT2D eigenvalue weighted by Crippen LogP contribution is -2.31. The van der Waals surface area contributed by atoms with Crippen molar-refractivity contribution in [1.29, 1.82) is 0 Å². The second kappa shape index (κ2) is 13.2. The second-order valence-electron chi connectivity index (χ2n) is 8.65. The number of pyridine rings is 1. The number of benzene rings is 1. The quantitative estimate of drug-likeness (QED) is 0.211. The van der Waals surface area contributed by atoms with E-state index in [-0.39, 0.29) is 11.9 Å². The highest BCUT2D eigenvalue weighted by Crippen LogP contribution is 2.35. The van der Waals surface area contributed by atoms with Crippen LogP contribution < -0.4 is 14.8 Å². The Labute approximate surface area is 230 Å². The van der Waals surface area contributed by atoms with Crippen molar-refractivity contribution in [3.8, 4) is 16.7 Å². The Balaban J connectivity index is 1.29. The van der Waals surface area contributed by atoms with E-state index >= 15 is 0 Å². The molecular formula is C28H28ClN3O5S. The summed E-state index contributed by atoms with van der Waals surface area (Å²) in [7, 11) is 0. The van der Waals surface area contributed by atoms with Crippen LogP contribution in [-0.2, 0) is 9.53 Å². The van der Waals surface area contributed by atoms with Gasteiger partial charge in [0.1, 0.15) is 11.5 Å². The fraction of sp³-hybridized carbons (Fsp3) is 0.286. The predicted octanol–water partition coefficient (Wildman–Crippen LogP) is 6.18. The van der Waals surface area contributed by atoms with E-state index in [1.807, 2.05) is 25.1 Å². The average molecular weight is 554 g/mol. The summed E-state index contributed by atoms with van der Waals surface area (Å²) >= 11 is 7.72. The fourth-order valence-electron chi connectivity index (χ4n) is 3.24. The first kappa shape index (κ1) is 27.3. The summed E-state index contributed by atoms with van der Waals surface area (Å²) in [5.74, 6) is 1.17. The third-order valence-electron chi connectivity index (χ3n) is 5.41. The molecule has 1 fully saturated rings. The van der Waals surface area contributed by atoms with Gasteiger partial charge in [-0.3, -0.25) is 9.78 Å². The Bertz CT molecular complexity index is 1340. The Kier molecular flexibility index (Phi) is 9.51. The summed E-state index contributed by atoms with van der Waals surface area (Å²) in [6.45, 7) is 4.60. The molecule has 198 valence electrons. The normalized spacial score (nSPS) is 14.0. The van der Waals surface area contributed by atoms with Gasteiger partial charge in [-0.2, -0.15) is 0 Å². The molecule has 10 heteroatoms. The number of esters is 1. The number of carbonyl (C=O) groups is 2. The van der Waals surface area contributed by atoms with Crippen LogP contribution in [0.5, 0.6) is 16.7 Å². The van der Waals surface area contributed by atoms with Crippen molar-refractivity contribution in [2.75, 3.05) is 13.2 Å². The lowest BCUT2D eigenvalue weighted by Gasteiger charge is -2.10. The van der Waals surface area contributed by atoms with E-state index in [1.165, 1.54) is 42.5 Å². The first-order valence-corrected chi connectivity index (χ1v) is 13.4. The number of carbonyl (C=O) groups excluding carboxylic acids is 2. The standard InChI is InChI=1S/C28H28ClN3O5S/c1-3-35-26(33)11-7-21-14-20(12-13-30-21)27(34)32-18(2)4-9-23-16-31-28(38-23)37-25-10-8-22(15-24(25)29)36-17-19-5-6-19/h4,7-16,18-19H,3,5-6,17H2,1-2H3,(H,32,34)/b9-4+,11-7+/t18-/m0/s1. The Morgan fingerprint density at radius 2 is 2.05 bits per heavy atom. The number of halogens is 1. The van der Waals surface area contributed by atoms with Crippen molar-refractivity contribution in [3.05, 3.63) is 76.0 Å². The van der Waals surface area contributed by atoms with Crippen LogP contribution in [-0.4, -0.2) is 41.1 Å². The van der Waals surface area contributed by atoms with Crippen molar-refractivity contribution < 1.29 is 23.8 Å². The van der Waals surface area contributed by atoms with E-state index in [4.69, 9.17) is 25.8 Å². The third kappa shape index (κ3) is 8.43. The molecule has 0 aliphatic heterocycles. The Morgan fingerprint density at radius 1 is 1.21 bits per heavy atom. The van der Waals surface area contributed by atoms with Gasteiger partial charge >= 0.3 is 5.97 Å². The Hall–Kier alpha value is -3.69. The maximum absolute atomic E-state index is 12.7. The van der Waals surface area contributed by atoms with Crippen LogP contribution in [0, 0.1) is 5.92 Å². The van der Waals surface area contributed by atoms with Gasteiger partial charge in [-0.25, -0.2) is 9.78 Å². The maximum atomic E-state index is 12.7. The summed E-state index contributed by atoms with van der Waals surface area (Å²) in [4.78, 5) is 33.5. The van der Waals surface area contributed by atoms with Gasteiger partial charge in [-0.15, -0.1) is 0 Å². The molecule has 38 heavy (non-hydrogen) atoms. The van der Waals surface area contributed by atoms with E-state index in [0.717, 1.165) is 17.2 Å². The molecule has 1 atom stereocenters. The monoisotopic (exact) mass is 553 g/mol. The number of nitrogens with one attached hydrogen (secondary N) is 1. The molecule has 1 aliphatic carbocycles. The molecule has 1 amide bonds. The zero-order chi connectivity index (χ0) is 26.9. The molecule has 4 rings (SSSR count). The van der Waals surface area contributed by atoms with Crippen molar-refractivity contribution in [3.63, 3.8) is 0 Å². The molecule has 0 unspecified atom stereocenters. The fourth-order valence-corrected chi connectivity index (χ4v) is 4.14. The van der Waals surface area contributed by atoms with Gasteiger partial charge in [0, 0.05) is 36.1 Å². The summed E-state index contributed by atoms with van der Waals surface area (Å²) in [6, 6.07) is 8.32. The van der Waals surface area contributed by atoms with Gasteiger partial charge in [0.15, 0.2) is 0 Å². The van der Waals surface area contributed by atoms with Crippen molar-refractivity contribution in [1.82, 2.24) is 15.3 Å². The largest absolute Gasteiger partial charge is 0.493 e. The molecule has 8 nitrogen and oxygen atoms in total. The van der Waals surface area contributed by atoms with Crippen LogP contribution in [0.1, 0.15) is 47.6 Å². The molecule has 0 radical (unpaired) electrons. The molecule has 0 bridgehead atoms. The minimum Gasteiger partial charge on any atom is -0.493 e. The van der Waals surface area contributed by atoms with Gasteiger partial charge in [-0.05, 0) is 69.0 Å². The van der Waals surface area contributed by atoms with E-state index in [2.05, 4.69) is 15.3 Å². The lowest BCUT2D eigenvalue weighted by atomic mass is 10.2. The first-order chi connectivity index (χ1) is 18.4. The predicted molar refractivity (Wildman–Crippen MR) is 148 cm³/mol. The highest BCUT2D eigenvalue weighted by Gasteiger charge is 2.22. The number of nitrogens with zero attached hydrogens (tertiary/aromatic N) is 2. The number of amides is 1. The van der Waals surface area contributed by atoms with Gasteiger partial charge in [0.2, 0.25) is 0 Å². The second-order valence-corrected chi connectivity index (χ2v) is 10.1. The summed E-state index contributed by atoms with van der Waals surface area (Å²) < 4.78 is 16.4. The molecule has 1 saturated carbocycles. The molecule has 0 saturated heterocycles. The van der Waals surface area contributed by atoms with E-state index in [9.17, 15) is 9.59 Å². The highest BCUT2D eigenvalue weighted by molar-refractivity contribution is 7.14. The SMILES string of the molecule is CCOC(=O)/C=C/c1cc(C(=O)N[C@@H](C)/C=C/c2cnc(Oc3ccc(OCC4CC4)cc3Cl)s2)ccn1. The Morgan fingerprint density at radius 3 is 2.82 bits per heavy atom.